The van der Waals surface area contributed by atoms with Crippen molar-refractivity contribution in [3.63, 3.8) is 0 Å². The molecule has 2 N–H and O–H groups in total. The van der Waals surface area contributed by atoms with Crippen LogP contribution in [0.5, 0.6) is 5.75 Å². The molecule has 1 saturated heterocycles. The lowest BCUT2D eigenvalue weighted by Gasteiger charge is -2.41. The Morgan fingerprint density at radius 2 is 1.31 bits per heavy atom. The highest BCUT2D eigenvalue weighted by molar-refractivity contribution is 6.35. The van der Waals surface area contributed by atoms with Crippen molar-refractivity contribution >= 4 is 39.0 Å². The summed E-state index contributed by atoms with van der Waals surface area (Å²) in [6, 6.07) is 22.4. The van der Waals surface area contributed by atoms with Gasteiger partial charge in [-0.25, -0.2) is 0 Å². The van der Waals surface area contributed by atoms with Crippen LogP contribution >= 0.6 is 11.6 Å². The Hall–Kier alpha value is -2.99. The van der Waals surface area contributed by atoms with Crippen molar-refractivity contribution in [2.75, 3.05) is 31.1 Å². The number of hydrogen-bond acceptors (Lipinski definition) is 4. The van der Waals surface area contributed by atoms with Crippen molar-refractivity contribution in [2.45, 2.75) is 160 Å². The fourth-order valence-electron chi connectivity index (χ4n) is 9.20. The number of H-pyrrole nitrogens is 1. The van der Waals surface area contributed by atoms with Gasteiger partial charge in [0.1, 0.15) is 18.5 Å². The number of halogens is 1. The summed E-state index contributed by atoms with van der Waals surface area (Å²) >= 11 is 6.50. The molecule has 0 radical (unpaired) electrons. The highest BCUT2D eigenvalue weighted by atomic mass is 35.5. The fourth-order valence-corrected chi connectivity index (χ4v) is 9.41. The van der Waals surface area contributed by atoms with Crippen LogP contribution in [0.3, 0.4) is 0 Å². The molecule has 3 unspecified atom stereocenters. The molecule has 0 spiro atoms. The first-order valence-electron chi connectivity index (χ1n) is 22.3. The molecular formula is C49H70ClN3O2. The molecule has 4 aromatic rings. The van der Waals surface area contributed by atoms with Gasteiger partial charge in [0.05, 0.1) is 10.5 Å². The molecule has 300 valence electrons. The molecule has 3 aromatic carbocycles. The molecule has 5 nitrogen and oxygen atoms in total. The molecule has 6 rings (SSSR count). The molecule has 2 aliphatic rings. The number of rotatable bonds is 6. The van der Waals surface area contributed by atoms with Crippen LogP contribution in [0.1, 0.15) is 141 Å². The van der Waals surface area contributed by atoms with E-state index in [-0.39, 0.29) is 6.61 Å². The summed E-state index contributed by atoms with van der Waals surface area (Å²) in [5, 5.41) is 16.0. The summed E-state index contributed by atoms with van der Waals surface area (Å²) < 4.78 is 6.35. The molecule has 1 aromatic heterocycles. The van der Waals surface area contributed by atoms with Crippen molar-refractivity contribution < 1.29 is 9.84 Å². The van der Waals surface area contributed by atoms with Crippen molar-refractivity contribution in [1.29, 1.82) is 0 Å². The van der Waals surface area contributed by atoms with Crippen LogP contribution in [0.2, 0.25) is 5.02 Å². The number of benzene rings is 3. The van der Waals surface area contributed by atoms with Crippen LogP contribution in [-0.4, -0.2) is 59.4 Å². The van der Waals surface area contributed by atoms with E-state index in [4.69, 9.17) is 16.3 Å². The van der Waals surface area contributed by atoms with Crippen molar-refractivity contribution in [2.24, 2.45) is 0 Å². The van der Waals surface area contributed by atoms with Crippen LogP contribution in [0.4, 0.5) is 5.69 Å². The van der Waals surface area contributed by atoms with Gasteiger partial charge in [-0.3, -0.25) is 4.90 Å². The second-order valence-electron chi connectivity index (χ2n) is 16.8. The molecule has 55 heavy (non-hydrogen) atoms. The van der Waals surface area contributed by atoms with Gasteiger partial charge in [-0.15, -0.1) is 0 Å². The summed E-state index contributed by atoms with van der Waals surface area (Å²) in [7, 11) is 0. The lowest BCUT2D eigenvalue weighted by atomic mass is 9.97. The number of aromatic amines is 1. The number of hydrogen-bond donors (Lipinski definition) is 2. The topological polar surface area (TPSA) is 51.7 Å². The zero-order chi connectivity index (χ0) is 38.1. The maximum absolute atomic E-state index is 11.7. The molecule has 3 heterocycles. The molecule has 3 atom stereocenters. The van der Waals surface area contributed by atoms with Gasteiger partial charge in [0, 0.05) is 48.5 Å². The van der Waals surface area contributed by atoms with Gasteiger partial charge < -0.3 is 19.7 Å². The van der Waals surface area contributed by atoms with E-state index in [1.54, 1.807) is 0 Å². The Balaban J connectivity index is 1.19. The third-order valence-corrected chi connectivity index (χ3v) is 12.7. The van der Waals surface area contributed by atoms with Crippen LogP contribution < -0.4 is 9.64 Å². The first-order chi connectivity index (χ1) is 27.0. The van der Waals surface area contributed by atoms with Gasteiger partial charge in [0.2, 0.25) is 0 Å². The van der Waals surface area contributed by atoms with Crippen LogP contribution in [0.25, 0.3) is 21.7 Å². The summed E-state index contributed by atoms with van der Waals surface area (Å²) in [4.78, 5) is 8.71. The third-order valence-electron chi connectivity index (χ3n) is 12.4. The van der Waals surface area contributed by atoms with Crippen LogP contribution in [0.15, 0.2) is 72.8 Å². The van der Waals surface area contributed by atoms with Gasteiger partial charge in [-0.05, 0) is 73.7 Å². The number of aryl methyl sites for hydroxylation is 1. The lowest BCUT2D eigenvalue weighted by Crippen LogP contribution is -2.51. The van der Waals surface area contributed by atoms with E-state index >= 15 is 0 Å². The molecular weight excluding hydrogens is 698 g/mol. The van der Waals surface area contributed by atoms with Gasteiger partial charge >= 0.3 is 0 Å². The molecule has 2 bridgehead atoms. The molecule has 6 heteroatoms. The Labute approximate surface area is 337 Å². The van der Waals surface area contributed by atoms with Crippen LogP contribution in [0, 0.1) is 6.92 Å². The summed E-state index contributed by atoms with van der Waals surface area (Å²) in [5.41, 5.74) is 3.26. The molecule has 0 aliphatic carbocycles. The lowest BCUT2D eigenvalue weighted by molar-refractivity contribution is 0.0465. The standard InChI is InChI=1S/C49H70ClN3O2/c1-39-34-46-48(32-31-47(50)49(46)51-39)55-38-45(54)37-52-36-44-28-22-21-27-42(52)26-18-16-14-12-10-8-6-4-2-3-5-7-9-11-13-15-17-23-33-53(44)43-30-29-40-24-19-20-25-41(40)35-43/h19-22,24-25,29-32,34-35,42,44-45,51,54H,2-18,23,26-28,33,36-38H2,1H3. The highest BCUT2D eigenvalue weighted by Crippen LogP contribution is 2.33. The number of fused-ring (bicyclic) bond motifs is 5. The number of aliphatic hydroxyl groups excluding tert-OH is 1. The number of nitrogens with zero attached hydrogens (tertiary/aromatic N) is 2. The second kappa shape index (κ2) is 22.7. The fraction of sp³-hybridized carbons (Fsp3) is 0.592. The smallest absolute Gasteiger partial charge is 0.128 e. The SMILES string of the molecule is Cc1cc2c(OCC(O)CN3CC4CC=CCC3CCCCCCCCCCCCCCCCCCCCN4c3ccc4ccccc4c3)ccc(Cl)c2[nH]1. The van der Waals surface area contributed by atoms with E-state index < -0.39 is 6.10 Å². The highest BCUT2D eigenvalue weighted by Gasteiger charge is 2.28. The normalized spacial score (nSPS) is 22.1. The Kier molecular flexibility index (Phi) is 17.2. The van der Waals surface area contributed by atoms with E-state index in [2.05, 4.69) is 75.5 Å². The van der Waals surface area contributed by atoms with Crippen LogP contribution in [-0.2, 0) is 0 Å². The summed E-state index contributed by atoms with van der Waals surface area (Å²) in [5.74, 6) is 0.767. The molecule has 0 saturated carbocycles. The van der Waals surface area contributed by atoms with Crippen molar-refractivity contribution in [1.82, 2.24) is 9.88 Å². The molecule has 1 fully saturated rings. The monoisotopic (exact) mass is 768 g/mol. The van der Waals surface area contributed by atoms with E-state index in [0.717, 1.165) is 48.3 Å². The maximum Gasteiger partial charge on any atom is 0.128 e. The van der Waals surface area contributed by atoms with Gasteiger partial charge in [-0.1, -0.05) is 163 Å². The Bertz CT molecular complexity index is 1730. The predicted molar refractivity (Wildman–Crippen MR) is 236 cm³/mol. The number of anilines is 1. The van der Waals surface area contributed by atoms with E-state index in [1.165, 1.54) is 138 Å². The zero-order valence-corrected chi connectivity index (χ0v) is 34.7. The van der Waals surface area contributed by atoms with Gasteiger partial charge in [0.25, 0.3) is 0 Å². The Morgan fingerprint density at radius 3 is 1.98 bits per heavy atom. The quantitative estimate of drug-likeness (QED) is 0.192. The first kappa shape index (κ1) is 41.6. The Morgan fingerprint density at radius 1 is 0.709 bits per heavy atom. The van der Waals surface area contributed by atoms with E-state index in [9.17, 15) is 5.11 Å². The number of aromatic nitrogens is 1. The first-order valence-corrected chi connectivity index (χ1v) is 22.7. The largest absolute Gasteiger partial charge is 0.490 e. The second-order valence-corrected chi connectivity index (χ2v) is 17.2. The van der Waals surface area contributed by atoms with Gasteiger partial charge in [-0.2, -0.15) is 0 Å². The van der Waals surface area contributed by atoms with E-state index in [1.807, 2.05) is 19.1 Å². The summed E-state index contributed by atoms with van der Waals surface area (Å²) in [6.45, 7) is 4.87. The van der Waals surface area contributed by atoms with Crippen molar-refractivity contribution in [3.05, 3.63) is 83.5 Å². The van der Waals surface area contributed by atoms with Crippen molar-refractivity contribution in [3.8, 4) is 5.75 Å². The molecule has 2 aliphatic heterocycles. The van der Waals surface area contributed by atoms with E-state index in [0.29, 0.717) is 23.7 Å². The zero-order valence-electron chi connectivity index (χ0n) is 34.0. The average molecular weight is 769 g/mol. The predicted octanol–water partition coefficient (Wildman–Crippen LogP) is 13.3. The number of ether oxygens (including phenoxy) is 1. The molecule has 0 amide bonds. The van der Waals surface area contributed by atoms with Gasteiger partial charge in [0.15, 0.2) is 0 Å². The summed E-state index contributed by atoms with van der Waals surface area (Å²) in [6.07, 6.45) is 32.1. The average Bonchev–Trinajstić information content (AvgIpc) is 3.59. The number of nitrogens with one attached hydrogen (secondary N) is 1. The third kappa shape index (κ3) is 13.0. The minimum Gasteiger partial charge on any atom is -0.490 e. The minimum atomic E-state index is -0.609. The number of aliphatic hydroxyl groups is 1. The maximum atomic E-state index is 11.7. The minimum absolute atomic E-state index is 0.249.